The Balaban J connectivity index is 2.10. The summed E-state index contributed by atoms with van der Waals surface area (Å²) < 4.78 is 4.40. The fraction of sp³-hybridized carbons (Fsp3) is 0.429. The summed E-state index contributed by atoms with van der Waals surface area (Å²) in [5.41, 5.74) is 1.29. The van der Waals surface area contributed by atoms with E-state index in [9.17, 15) is 0 Å². The molecule has 2 rings (SSSR count). The molecular formula is C14H19N3S. The molecule has 0 aliphatic carbocycles. The number of nitrogens with zero attached hydrogens (tertiary/aromatic N) is 2. The van der Waals surface area contributed by atoms with Crippen LogP contribution < -0.4 is 5.32 Å². The Hall–Kier alpha value is -1.26. The quantitative estimate of drug-likeness (QED) is 0.898. The second-order valence-electron chi connectivity index (χ2n) is 4.66. The molecule has 0 fully saturated rings. The summed E-state index contributed by atoms with van der Waals surface area (Å²) in [6.45, 7) is 4.25. The molecular weight excluding hydrogens is 242 g/mol. The smallest absolute Gasteiger partial charge is 0.145 e. The first kappa shape index (κ1) is 13.2. The Morgan fingerprint density at radius 1 is 1.22 bits per heavy atom. The molecule has 0 spiro atoms. The lowest BCUT2D eigenvalue weighted by atomic mass is 10.0. The summed E-state index contributed by atoms with van der Waals surface area (Å²) >= 11 is 1.52. The van der Waals surface area contributed by atoms with Crippen LogP contribution in [0.15, 0.2) is 30.3 Å². The first-order valence-electron chi connectivity index (χ1n) is 6.25. The summed E-state index contributed by atoms with van der Waals surface area (Å²) in [4.78, 5) is 4.59. The number of rotatable bonds is 5. The van der Waals surface area contributed by atoms with Crippen LogP contribution in [0.1, 0.15) is 42.2 Å². The highest BCUT2D eigenvalue weighted by molar-refractivity contribution is 7.05. The third kappa shape index (κ3) is 3.15. The van der Waals surface area contributed by atoms with E-state index < -0.39 is 0 Å². The lowest BCUT2D eigenvalue weighted by Crippen LogP contribution is -2.18. The molecule has 1 aromatic heterocycles. The molecule has 4 heteroatoms. The third-order valence-corrected chi connectivity index (χ3v) is 3.68. The van der Waals surface area contributed by atoms with Crippen LogP contribution in [-0.4, -0.2) is 16.4 Å². The fourth-order valence-electron chi connectivity index (χ4n) is 1.83. The van der Waals surface area contributed by atoms with E-state index in [0.29, 0.717) is 12.0 Å². The van der Waals surface area contributed by atoms with Crippen molar-refractivity contribution in [3.05, 3.63) is 46.7 Å². The van der Waals surface area contributed by atoms with Gasteiger partial charge in [-0.25, -0.2) is 4.98 Å². The Bertz CT molecular complexity index is 479. The molecule has 0 saturated heterocycles. The van der Waals surface area contributed by atoms with Crippen molar-refractivity contribution in [1.82, 2.24) is 14.7 Å². The van der Waals surface area contributed by atoms with Crippen LogP contribution >= 0.6 is 11.5 Å². The normalized spacial score (nSPS) is 12.9. The zero-order valence-electron chi connectivity index (χ0n) is 11.1. The van der Waals surface area contributed by atoms with Gasteiger partial charge in [-0.1, -0.05) is 44.2 Å². The van der Waals surface area contributed by atoms with Gasteiger partial charge >= 0.3 is 0 Å². The minimum atomic E-state index is 0.305. The van der Waals surface area contributed by atoms with Gasteiger partial charge in [0.15, 0.2) is 0 Å². The minimum Gasteiger partial charge on any atom is -0.313 e. The van der Waals surface area contributed by atoms with E-state index in [1.165, 1.54) is 17.1 Å². The maximum Gasteiger partial charge on any atom is 0.145 e. The lowest BCUT2D eigenvalue weighted by molar-refractivity contribution is 0.588. The molecule has 0 saturated carbocycles. The molecule has 2 aromatic rings. The zero-order valence-corrected chi connectivity index (χ0v) is 11.9. The summed E-state index contributed by atoms with van der Waals surface area (Å²) in [6, 6.07) is 10.8. The van der Waals surface area contributed by atoms with Gasteiger partial charge in [-0.2, -0.15) is 4.37 Å². The van der Waals surface area contributed by atoms with E-state index in [-0.39, 0.29) is 0 Å². The largest absolute Gasteiger partial charge is 0.313 e. The summed E-state index contributed by atoms with van der Waals surface area (Å²) in [5, 5.41) is 4.44. The Morgan fingerprint density at radius 3 is 2.50 bits per heavy atom. The Kier molecular flexibility index (Phi) is 4.44. The van der Waals surface area contributed by atoms with Crippen molar-refractivity contribution in [2.75, 3.05) is 7.05 Å². The molecule has 1 aromatic carbocycles. The van der Waals surface area contributed by atoms with Crippen molar-refractivity contribution in [2.24, 2.45) is 0 Å². The number of hydrogen-bond acceptors (Lipinski definition) is 4. The standard InChI is InChI=1S/C14H19N3S/c1-10(2)14-16-13(18-17-14)9-12(15-3)11-7-5-4-6-8-11/h4-8,10,12,15H,9H2,1-3H3. The Morgan fingerprint density at radius 2 is 1.94 bits per heavy atom. The predicted molar refractivity (Wildman–Crippen MR) is 75.9 cm³/mol. The molecule has 1 unspecified atom stereocenters. The maximum atomic E-state index is 4.59. The monoisotopic (exact) mass is 261 g/mol. The zero-order chi connectivity index (χ0) is 13.0. The van der Waals surface area contributed by atoms with Gasteiger partial charge in [0.2, 0.25) is 0 Å². The van der Waals surface area contributed by atoms with Gasteiger partial charge < -0.3 is 5.32 Å². The number of hydrogen-bond donors (Lipinski definition) is 1. The lowest BCUT2D eigenvalue weighted by Gasteiger charge is -2.14. The number of aromatic nitrogens is 2. The van der Waals surface area contributed by atoms with Gasteiger partial charge in [0, 0.05) is 18.4 Å². The third-order valence-electron chi connectivity index (χ3n) is 2.93. The molecule has 0 aliphatic heterocycles. The van der Waals surface area contributed by atoms with E-state index >= 15 is 0 Å². The molecule has 1 atom stereocenters. The topological polar surface area (TPSA) is 37.8 Å². The average molecular weight is 261 g/mol. The predicted octanol–water partition coefficient (Wildman–Crippen LogP) is 3.16. The molecule has 18 heavy (non-hydrogen) atoms. The van der Waals surface area contributed by atoms with Crippen molar-refractivity contribution in [3.8, 4) is 0 Å². The summed E-state index contributed by atoms with van der Waals surface area (Å²) in [7, 11) is 1.99. The number of nitrogens with one attached hydrogen (secondary N) is 1. The highest BCUT2D eigenvalue weighted by Gasteiger charge is 2.14. The van der Waals surface area contributed by atoms with Gasteiger partial charge in [0.1, 0.15) is 10.8 Å². The number of benzene rings is 1. The molecule has 1 N–H and O–H groups in total. The SMILES string of the molecule is CNC(Cc1nc(C(C)C)ns1)c1ccccc1. The molecule has 0 radical (unpaired) electrons. The minimum absolute atomic E-state index is 0.305. The van der Waals surface area contributed by atoms with Crippen molar-refractivity contribution >= 4 is 11.5 Å². The van der Waals surface area contributed by atoms with E-state index in [1.807, 2.05) is 13.1 Å². The van der Waals surface area contributed by atoms with Gasteiger partial charge in [-0.05, 0) is 24.1 Å². The first-order chi connectivity index (χ1) is 8.70. The van der Waals surface area contributed by atoms with Crippen LogP contribution in [0.2, 0.25) is 0 Å². The van der Waals surface area contributed by atoms with Crippen LogP contribution in [0, 0.1) is 0 Å². The van der Waals surface area contributed by atoms with Gasteiger partial charge in [-0.15, -0.1) is 0 Å². The van der Waals surface area contributed by atoms with Crippen molar-refractivity contribution in [3.63, 3.8) is 0 Å². The van der Waals surface area contributed by atoms with Crippen molar-refractivity contribution in [1.29, 1.82) is 0 Å². The summed E-state index contributed by atoms with van der Waals surface area (Å²) in [6.07, 6.45) is 0.894. The molecule has 0 bridgehead atoms. The van der Waals surface area contributed by atoms with Gasteiger partial charge in [-0.3, -0.25) is 0 Å². The van der Waals surface area contributed by atoms with Crippen LogP contribution in [0.3, 0.4) is 0 Å². The molecule has 0 aliphatic rings. The van der Waals surface area contributed by atoms with E-state index in [4.69, 9.17) is 0 Å². The van der Waals surface area contributed by atoms with Gasteiger partial charge in [0.25, 0.3) is 0 Å². The number of likely N-dealkylation sites (N-methyl/N-ethyl adjacent to an activating group) is 1. The first-order valence-corrected chi connectivity index (χ1v) is 7.02. The summed E-state index contributed by atoms with van der Waals surface area (Å²) in [5.74, 6) is 1.36. The van der Waals surface area contributed by atoms with E-state index in [0.717, 1.165) is 17.3 Å². The molecule has 0 amide bonds. The molecule has 96 valence electrons. The van der Waals surface area contributed by atoms with Crippen LogP contribution in [0.25, 0.3) is 0 Å². The van der Waals surface area contributed by atoms with E-state index in [2.05, 4.69) is 52.8 Å². The molecule has 3 nitrogen and oxygen atoms in total. The van der Waals surface area contributed by atoms with E-state index in [1.54, 1.807) is 0 Å². The Labute approximate surface area is 112 Å². The highest BCUT2D eigenvalue weighted by atomic mass is 32.1. The van der Waals surface area contributed by atoms with Crippen molar-refractivity contribution < 1.29 is 0 Å². The average Bonchev–Trinajstić information content (AvgIpc) is 2.86. The highest BCUT2D eigenvalue weighted by Crippen LogP contribution is 2.20. The van der Waals surface area contributed by atoms with Crippen LogP contribution in [0.4, 0.5) is 0 Å². The maximum absolute atomic E-state index is 4.59. The second-order valence-corrected chi connectivity index (χ2v) is 5.49. The van der Waals surface area contributed by atoms with Crippen LogP contribution in [0.5, 0.6) is 0 Å². The molecule has 1 heterocycles. The van der Waals surface area contributed by atoms with Crippen LogP contribution in [-0.2, 0) is 6.42 Å². The fourth-order valence-corrected chi connectivity index (χ4v) is 2.66. The van der Waals surface area contributed by atoms with Gasteiger partial charge in [0.05, 0.1) is 0 Å². The second kappa shape index (κ2) is 6.07. The van der Waals surface area contributed by atoms with Crippen molar-refractivity contribution in [2.45, 2.75) is 32.2 Å².